The number of benzene rings is 3. The normalized spacial score (nSPS) is 12.7. The summed E-state index contributed by atoms with van der Waals surface area (Å²) in [5.74, 6) is 0.880. The first-order chi connectivity index (χ1) is 14.7. The molecule has 30 heavy (non-hydrogen) atoms. The van der Waals surface area contributed by atoms with Gasteiger partial charge in [0.15, 0.2) is 11.6 Å². The first-order valence-corrected chi connectivity index (χ1v) is 9.47. The Bertz CT molecular complexity index is 1300. The molecule has 0 saturated carbocycles. The lowest BCUT2D eigenvalue weighted by molar-refractivity contribution is 0.0979. The summed E-state index contributed by atoms with van der Waals surface area (Å²) in [6.45, 7) is 0. The van der Waals surface area contributed by atoms with Crippen LogP contribution in [0, 0.1) is 0 Å². The number of ketones is 2. The van der Waals surface area contributed by atoms with E-state index < -0.39 is 0 Å². The van der Waals surface area contributed by atoms with Gasteiger partial charge in [-0.3, -0.25) is 15.0 Å². The lowest BCUT2D eigenvalue weighted by Gasteiger charge is -2.17. The number of furan rings is 1. The number of hydrazone groups is 1. The zero-order valence-electron chi connectivity index (χ0n) is 15.8. The molecule has 0 fully saturated rings. The highest BCUT2D eigenvalue weighted by Gasteiger charge is 2.29. The second-order valence-corrected chi connectivity index (χ2v) is 6.90. The van der Waals surface area contributed by atoms with Gasteiger partial charge in [-0.2, -0.15) is 5.10 Å². The number of hydrogen-bond donors (Lipinski definition) is 1. The number of carbonyl (C=O) groups is 2. The average Bonchev–Trinajstić information content (AvgIpc) is 3.27. The van der Waals surface area contributed by atoms with Gasteiger partial charge in [0.2, 0.25) is 0 Å². The molecule has 0 aliphatic heterocycles. The Kier molecular flexibility index (Phi) is 4.33. The molecule has 1 aromatic heterocycles. The van der Waals surface area contributed by atoms with E-state index in [-0.39, 0.29) is 11.6 Å². The van der Waals surface area contributed by atoms with Crippen molar-refractivity contribution >= 4 is 23.5 Å². The maximum Gasteiger partial charge on any atom is 0.194 e. The first-order valence-electron chi connectivity index (χ1n) is 9.47. The van der Waals surface area contributed by atoms with E-state index in [0.29, 0.717) is 33.8 Å². The molecule has 0 atom stereocenters. The van der Waals surface area contributed by atoms with Crippen molar-refractivity contribution in [3.8, 4) is 11.3 Å². The molecule has 1 aliphatic carbocycles. The van der Waals surface area contributed by atoms with Crippen LogP contribution in [0.2, 0.25) is 0 Å². The molecule has 0 unspecified atom stereocenters. The molecular formula is C25H16N2O3. The van der Waals surface area contributed by atoms with E-state index in [4.69, 9.17) is 4.42 Å². The van der Waals surface area contributed by atoms with Crippen LogP contribution in [0.15, 0.2) is 94.4 Å². The van der Waals surface area contributed by atoms with E-state index in [1.807, 2.05) is 36.4 Å². The molecule has 5 nitrogen and oxygen atoms in total. The fourth-order valence-electron chi connectivity index (χ4n) is 3.51. The molecule has 0 radical (unpaired) electrons. The minimum absolute atomic E-state index is 0.133. The third-order valence-corrected chi connectivity index (χ3v) is 5.00. The number of fused-ring (bicyclic) bond motifs is 2. The van der Waals surface area contributed by atoms with Crippen LogP contribution in [0.1, 0.15) is 37.6 Å². The summed E-state index contributed by atoms with van der Waals surface area (Å²) in [7, 11) is 0. The van der Waals surface area contributed by atoms with Gasteiger partial charge in [-0.05, 0) is 36.4 Å². The van der Waals surface area contributed by atoms with Crippen molar-refractivity contribution in [2.75, 3.05) is 5.43 Å². The molecule has 5 heteroatoms. The van der Waals surface area contributed by atoms with Crippen LogP contribution in [0.25, 0.3) is 11.3 Å². The minimum atomic E-state index is -0.151. The van der Waals surface area contributed by atoms with E-state index in [1.165, 1.54) is 0 Å². The van der Waals surface area contributed by atoms with Crippen LogP contribution >= 0.6 is 0 Å². The Hall–Kier alpha value is -4.25. The fraction of sp³-hybridized carbons (Fsp3) is 0. The van der Waals surface area contributed by atoms with Crippen molar-refractivity contribution in [1.82, 2.24) is 0 Å². The lowest BCUT2D eigenvalue weighted by Crippen LogP contribution is -2.20. The Morgan fingerprint density at radius 2 is 1.37 bits per heavy atom. The van der Waals surface area contributed by atoms with Crippen molar-refractivity contribution in [1.29, 1.82) is 0 Å². The highest BCUT2D eigenvalue weighted by Crippen LogP contribution is 2.31. The van der Waals surface area contributed by atoms with Crippen molar-refractivity contribution in [3.63, 3.8) is 0 Å². The van der Waals surface area contributed by atoms with Crippen LogP contribution in [-0.4, -0.2) is 17.8 Å². The van der Waals surface area contributed by atoms with Gasteiger partial charge in [-0.15, -0.1) is 0 Å². The summed E-state index contributed by atoms with van der Waals surface area (Å²) in [5.41, 5.74) is 6.23. The number of nitrogens with zero attached hydrogens (tertiary/aromatic N) is 1. The zero-order valence-corrected chi connectivity index (χ0v) is 15.8. The molecule has 0 spiro atoms. The lowest BCUT2D eigenvalue weighted by atomic mass is 9.83. The van der Waals surface area contributed by atoms with Gasteiger partial charge in [-0.1, -0.05) is 48.5 Å². The molecule has 144 valence electrons. The van der Waals surface area contributed by atoms with Crippen molar-refractivity contribution in [3.05, 3.63) is 113 Å². The summed E-state index contributed by atoms with van der Waals surface area (Å²) in [6, 6.07) is 25.3. The number of anilines is 1. The number of para-hydroxylation sites is 1. The number of nitrogens with one attached hydrogen (secondary N) is 1. The Morgan fingerprint density at radius 3 is 2.13 bits per heavy atom. The van der Waals surface area contributed by atoms with Crippen LogP contribution in [0.4, 0.5) is 5.69 Å². The zero-order chi connectivity index (χ0) is 20.5. The van der Waals surface area contributed by atoms with Gasteiger partial charge in [0, 0.05) is 27.8 Å². The summed E-state index contributed by atoms with van der Waals surface area (Å²) in [6.07, 6.45) is 1.58. The Morgan fingerprint density at radius 1 is 0.700 bits per heavy atom. The first kappa shape index (κ1) is 17.8. The van der Waals surface area contributed by atoms with E-state index in [1.54, 1.807) is 54.7 Å². The predicted octanol–water partition coefficient (Wildman–Crippen LogP) is 5.17. The van der Waals surface area contributed by atoms with E-state index in [9.17, 15) is 9.59 Å². The molecule has 0 bridgehead atoms. The molecule has 1 aliphatic rings. The fourth-order valence-corrected chi connectivity index (χ4v) is 3.51. The van der Waals surface area contributed by atoms with E-state index in [2.05, 4.69) is 10.5 Å². The van der Waals surface area contributed by atoms with Crippen molar-refractivity contribution in [2.24, 2.45) is 5.10 Å². The van der Waals surface area contributed by atoms with Gasteiger partial charge in [0.05, 0.1) is 11.9 Å². The van der Waals surface area contributed by atoms with E-state index >= 15 is 0 Å². The van der Waals surface area contributed by atoms with Crippen molar-refractivity contribution < 1.29 is 14.0 Å². The molecule has 0 saturated heterocycles. The number of rotatable bonds is 4. The van der Waals surface area contributed by atoms with Gasteiger partial charge >= 0.3 is 0 Å². The SMILES string of the molecule is O=C1c2ccccc2C(=O)c2cc(-c3ccc(C=NNc4ccccc4)o3)ccc21. The summed E-state index contributed by atoms with van der Waals surface area (Å²) in [4.78, 5) is 25.6. The molecule has 3 aromatic carbocycles. The van der Waals surface area contributed by atoms with Crippen LogP contribution < -0.4 is 5.43 Å². The molecule has 1 N–H and O–H groups in total. The van der Waals surface area contributed by atoms with Crippen LogP contribution in [0.3, 0.4) is 0 Å². The van der Waals surface area contributed by atoms with Gasteiger partial charge in [0.1, 0.15) is 11.5 Å². The summed E-state index contributed by atoms with van der Waals surface area (Å²) in [5, 5.41) is 4.17. The molecule has 4 aromatic rings. The topological polar surface area (TPSA) is 71.7 Å². The van der Waals surface area contributed by atoms with Crippen molar-refractivity contribution in [2.45, 2.75) is 0 Å². The standard InChI is InChI=1S/C25H16N2O3/c28-24-19-8-4-5-9-20(19)25(29)22-14-16(10-12-21(22)24)23-13-11-18(30-23)15-26-27-17-6-2-1-3-7-17/h1-15,27H. The smallest absolute Gasteiger partial charge is 0.194 e. The monoisotopic (exact) mass is 392 g/mol. The predicted molar refractivity (Wildman–Crippen MR) is 115 cm³/mol. The highest BCUT2D eigenvalue weighted by molar-refractivity contribution is 6.28. The number of hydrogen-bond acceptors (Lipinski definition) is 5. The average molecular weight is 392 g/mol. The highest BCUT2D eigenvalue weighted by atomic mass is 16.3. The van der Waals surface area contributed by atoms with Crippen LogP contribution in [0.5, 0.6) is 0 Å². The van der Waals surface area contributed by atoms with Crippen LogP contribution in [-0.2, 0) is 0 Å². The summed E-state index contributed by atoms with van der Waals surface area (Å²) < 4.78 is 5.84. The molecule has 1 heterocycles. The Labute approximate surface area is 172 Å². The maximum absolute atomic E-state index is 12.9. The van der Waals surface area contributed by atoms with Gasteiger partial charge in [0.25, 0.3) is 0 Å². The number of carbonyl (C=O) groups excluding carboxylic acids is 2. The largest absolute Gasteiger partial charge is 0.455 e. The van der Waals surface area contributed by atoms with E-state index in [0.717, 1.165) is 11.3 Å². The third-order valence-electron chi connectivity index (χ3n) is 5.00. The molecule has 0 amide bonds. The molecular weight excluding hydrogens is 376 g/mol. The maximum atomic E-state index is 12.9. The molecule has 5 rings (SSSR count). The minimum Gasteiger partial charge on any atom is -0.455 e. The second-order valence-electron chi connectivity index (χ2n) is 6.90. The van der Waals surface area contributed by atoms with Gasteiger partial charge < -0.3 is 4.42 Å². The summed E-state index contributed by atoms with van der Waals surface area (Å²) >= 11 is 0. The second kappa shape index (κ2) is 7.29. The quantitative estimate of drug-likeness (QED) is 0.338. The third kappa shape index (κ3) is 3.12. The van der Waals surface area contributed by atoms with Gasteiger partial charge in [-0.25, -0.2) is 0 Å². The Balaban J connectivity index is 1.41.